The van der Waals surface area contributed by atoms with Crippen LogP contribution < -0.4 is 10.6 Å². The van der Waals surface area contributed by atoms with Gasteiger partial charge in [0, 0.05) is 19.2 Å². The van der Waals surface area contributed by atoms with Crippen LogP contribution in [0.15, 0.2) is 36.9 Å². The zero-order chi connectivity index (χ0) is 16.7. The van der Waals surface area contributed by atoms with Gasteiger partial charge in [0.25, 0.3) is 0 Å². The Morgan fingerprint density at radius 3 is 2.52 bits per heavy atom. The van der Waals surface area contributed by atoms with E-state index >= 15 is 0 Å². The molecule has 0 radical (unpaired) electrons. The van der Waals surface area contributed by atoms with Crippen molar-refractivity contribution < 1.29 is 14.3 Å². The number of methoxy groups -OCH3 is 1. The number of nitrogens with one attached hydrogen (secondary N) is 2. The van der Waals surface area contributed by atoms with Crippen molar-refractivity contribution in [1.82, 2.24) is 5.32 Å². The molecule has 5 nitrogen and oxygen atoms in total. The molecule has 124 valence electrons. The summed E-state index contributed by atoms with van der Waals surface area (Å²) in [4.78, 5) is 23.3. The van der Waals surface area contributed by atoms with E-state index < -0.39 is 0 Å². The lowest BCUT2D eigenvalue weighted by Crippen LogP contribution is -2.56. The number of ether oxygens (including phenoxy) is 1. The Labute approximate surface area is 137 Å². The van der Waals surface area contributed by atoms with Crippen LogP contribution in [0, 0.1) is 0 Å². The topological polar surface area (TPSA) is 67.4 Å². The van der Waals surface area contributed by atoms with Gasteiger partial charge in [-0.1, -0.05) is 18.7 Å². The van der Waals surface area contributed by atoms with Gasteiger partial charge in [-0.05, 0) is 49.5 Å². The fraction of sp³-hybridized carbons (Fsp3) is 0.444. The van der Waals surface area contributed by atoms with Gasteiger partial charge in [0.05, 0.1) is 12.1 Å². The number of anilines is 1. The Kier molecular flexibility index (Phi) is 5.93. The SMILES string of the molecule is C=CC(=O)Nc1ccc(CCC(=O)NC2(COC)CCC2)cc1. The minimum absolute atomic E-state index is 0.0609. The fourth-order valence-corrected chi connectivity index (χ4v) is 2.75. The van der Waals surface area contributed by atoms with Gasteiger partial charge in [-0.25, -0.2) is 0 Å². The van der Waals surface area contributed by atoms with Crippen molar-refractivity contribution in [3.05, 3.63) is 42.5 Å². The second-order valence-electron chi connectivity index (χ2n) is 6.01. The molecule has 0 aromatic heterocycles. The highest BCUT2D eigenvalue weighted by atomic mass is 16.5. The first kappa shape index (κ1) is 17.2. The van der Waals surface area contributed by atoms with Crippen LogP contribution in [-0.4, -0.2) is 31.1 Å². The third-order valence-corrected chi connectivity index (χ3v) is 4.18. The molecule has 1 aliphatic rings. The molecule has 23 heavy (non-hydrogen) atoms. The zero-order valence-corrected chi connectivity index (χ0v) is 13.6. The molecule has 1 aliphatic carbocycles. The molecule has 0 spiro atoms. The number of carbonyl (C=O) groups is 2. The molecule has 5 heteroatoms. The van der Waals surface area contributed by atoms with E-state index in [0.29, 0.717) is 19.4 Å². The van der Waals surface area contributed by atoms with Crippen LogP contribution in [0.4, 0.5) is 5.69 Å². The van der Waals surface area contributed by atoms with Crippen LogP contribution in [0.1, 0.15) is 31.2 Å². The zero-order valence-electron chi connectivity index (χ0n) is 13.6. The summed E-state index contributed by atoms with van der Waals surface area (Å²) in [5, 5.41) is 5.81. The lowest BCUT2D eigenvalue weighted by Gasteiger charge is -2.42. The second kappa shape index (κ2) is 7.92. The van der Waals surface area contributed by atoms with Crippen LogP contribution >= 0.6 is 0 Å². The van der Waals surface area contributed by atoms with Gasteiger partial charge in [0.2, 0.25) is 11.8 Å². The normalized spacial score (nSPS) is 15.3. The molecule has 0 saturated heterocycles. The fourth-order valence-electron chi connectivity index (χ4n) is 2.75. The van der Waals surface area contributed by atoms with E-state index in [2.05, 4.69) is 17.2 Å². The van der Waals surface area contributed by atoms with Crippen LogP contribution in [0.25, 0.3) is 0 Å². The third-order valence-electron chi connectivity index (χ3n) is 4.18. The molecule has 1 aromatic carbocycles. The summed E-state index contributed by atoms with van der Waals surface area (Å²) < 4.78 is 5.21. The highest BCUT2D eigenvalue weighted by Crippen LogP contribution is 2.32. The summed E-state index contributed by atoms with van der Waals surface area (Å²) in [6.07, 6.45) is 5.47. The summed E-state index contributed by atoms with van der Waals surface area (Å²) in [6, 6.07) is 7.49. The van der Waals surface area contributed by atoms with Gasteiger partial charge >= 0.3 is 0 Å². The predicted molar refractivity (Wildman–Crippen MR) is 90.2 cm³/mol. The molecule has 0 unspecified atom stereocenters. The number of carbonyl (C=O) groups excluding carboxylic acids is 2. The molecule has 0 aliphatic heterocycles. The van der Waals surface area contributed by atoms with Crippen molar-refractivity contribution >= 4 is 17.5 Å². The maximum atomic E-state index is 12.1. The minimum atomic E-state index is -0.235. The molecule has 0 atom stereocenters. The van der Waals surface area contributed by atoms with Gasteiger partial charge in [-0.15, -0.1) is 0 Å². The highest BCUT2D eigenvalue weighted by molar-refractivity contribution is 5.98. The lowest BCUT2D eigenvalue weighted by atomic mass is 9.77. The van der Waals surface area contributed by atoms with Crippen molar-refractivity contribution in [3.8, 4) is 0 Å². The van der Waals surface area contributed by atoms with Crippen molar-refractivity contribution in [1.29, 1.82) is 0 Å². The van der Waals surface area contributed by atoms with Crippen molar-refractivity contribution in [2.24, 2.45) is 0 Å². The molecule has 1 fully saturated rings. The molecule has 2 amide bonds. The molecule has 0 heterocycles. The molecule has 2 rings (SSSR count). The molecule has 0 bridgehead atoms. The van der Waals surface area contributed by atoms with Gasteiger partial charge < -0.3 is 15.4 Å². The maximum Gasteiger partial charge on any atom is 0.247 e. The second-order valence-corrected chi connectivity index (χ2v) is 6.01. The van der Waals surface area contributed by atoms with E-state index in [-0.39, 0.29) is 17.4 Å². The Hall–Kier alpha value is -2.14. The number of amides is 2. The third kappa shape index (κ3) is 4.93. The van der Waals surface area contributed by atoms with E-state index in [1.807, 2.05) is 24.3 Å². The first-order valence-electron chi connectivity index (χ1n) is 7.89. The monoisotopic (exact) mass is 316 g/mol. The Balaban J connectivity index is 1.80. The van der Waals surface area contributed by atoms with Crippen LogP contribution in [0.2, 0.25) is 0 Å². The number of aryl methyl sites for hydroxylation is 1. The lowest BCUT2D eigenvalue weighted by molar-refractivity contribution is -0.125. The highest BCUT2D eigenvalue weighted by Gasteiger charge is 2.38. The average Bonchev–Trinajstić information content (AvgIpc) is 2.52. The molecular formula is C18H24N2O3. The van der Waals surface area contributed by atoms with E-state index in [1.54, 1.807) is 7.11 Å². The Morgan fingerprint density at radius 1 is 1.30 bits per heavy atom. The van der Waals surface area contributed by atoms with Crippen LogP contribution in [0.5, 0.6) is 0 Å². The molecule has 1 saturated carbocycles. The molecule has 2 N–H and O–H groups in total. The summed E-state index contributed by atoms with van der Waals surface area (Å²) >= 11 is 0. The Morgan fingerprint density at radius 2 is 2.00 bits per heavy atom. The quantitative estimate of drug-likeness (QED) is 0.724. The largest absolute Gasteiger partial charge is 0.382 e. The number of benzene rings is 1. The van der Waals surface area contributed by atoms with E-state index in [4.69, 9.17) is 4.74 Å². The number of hydrogen-bond acceptors (Lipinski definition) is 3. The summed E-state index contributed by atoms with van der Waals surface area (Å²) in [7, 11) is 1.67. The smallest absolute Gasteiger partial charge is 0.247 e. The summed E-state index contributed by atoms with van der Waals surface area (Å²) in [5.41, 5.74) is 1.63. The van der Waals surface area contributed by atoms with E-state index in [9.17, 15) is 9.59 Å². The van der Waals surface area contributed by atoms with Crippen molar-refractivity contribution in [2.45, 2.75) is 37.6 Å². The Bertz CT molecular complexity index is 562. The average molecular weight is 316 g/mol. The summed E-state index contributed by atoms with van der Waals surface area (Å²) in [6.45, 7) is 3.99. The van der Waals surface area contributed by atoms with E-state index in [1.165, 1.54) is 6.08 Å². The van der Waals surface area contributed by atoms with Gasteiger partial charge in [-0.2, -0.15) is 0 Å². The molecule has 1 aromatic rings. The van der Waals surface area contributed by atoms with Gasteiger partial charge in [-0.3, -0.25) is 9.59 Å². The van der Waals surface area contributed by atoms with Crippen LogP contribution in [0.3, 0.4) is 0 Å². The van der Waals surface area contributed by atoms with E-state index in [0.717, 1.165) is 30.5 Å². The predicted octanol–water partition coefficient (Wildman–Crippen LogP) is 2.43. The number of hydrogen-bond donors (Lipinski definition) is 2. The number of rotatable bonds is 8. The maximum absolute atomic E-state index is 12.1. The van der Waals surface area contributed by atoms with Gasteiger partial charge in [0.1, 0.15) is 0 Å². The standard InChI is InChI=1S/C18H24N2O3/c1-3-16(21)19-15-8-5-14(6-9-15)7-10-17(22)20-18(13-23-2)11-4-12-18/h3,5-6,8-9H,1,4,7,10-13H2,2H3,(H,19,21)(H,20,22). The van der Waals surface area contributed by atoms with Crippen LogP contribution in [-0.2, 0) is 20.7 Å². The first-order chi connectivity index (χ1) is 11.1. The minimum Gasteiger partial charge on any atom is -0.382 e. The van der Waals surface area contributed by atoms with Crippen molar-refractivity contribution in [3.63, 3.8) is 0 Å². The van der Waals surface area contributed by atoms with Gasteiger partial charge in [0.15, 0.2) is 0 Å². The first-order valence-corrected chi connectivity index (χ1v) is 7.89. The van der Waals surface area contributed by atoms with Crippen molar-refractivity contribution in [2.75, 3.05) is 19.0 Å². The summed E-state index contributed by atoms with van der Waals surface area (Å²) in [5.74, 6) is -0.174. The molecular weight excluding hydrogens is 292 g/mol.